The topological polar surface area (TPSA) is 84.3 Å². The first-order valence-corrected chi connectivity index (χ1v) is 6.45. The fourth-order valence-corrected chi connectivity index (χ4v) is 2.06. The Hall–Kier alpha value is -2.63. The number of carboxylic acid groups (broad SMARTS) is 1. The van der Waals surface area contributed by atoms with Crippen LogP contribution >= 0.6 is 0 Å². The standard InChI is InChI=1S/C15H17N3O3/c1-9-6-10(2)18-14(13(9)15(19)20)17-8-11-4-5-12(21-3)16-7-11/h4-7H,8H2,1-3H3,(H,17,18)(H,19,20). The highest BCUT2D eigenvalue weighted by Gasteiger charge is 2.15. The van der Waals surface area contributed by atoms with Crippen molar-refractivity contribution in [3.63, 3.8) is 0 Å². The Balaban J connectivity index is 2.20. The molecule has 6 heteroatoms. The second kappa shape index (κ2) is 6.21. The highest BCUT2D eigenvalue weighted by molar-refractivity contribution is 5.94. The minimum atomic E-state index is -0.990. The van der Waals surface area contributed by atoms with Gasteiger partial charge in [-0.05, 0) is 31.0 Å². The largest absolute Gasteiger partial charge is 0.481 e. The highest BCUT2D eigenvalue weighted by atomic mass is 16.5. The summed E-state index contributed by atoms with van der Waals surface area (Å²) < 4.78 is 4.99. The van der Waals surface area contributed by atoms with Gasteiger partial charge in [-0.1, -0.05) is 6.07 Å². The van der Waals surface area contributed by atoms with Crippen LogP contribution in [0.25, 0.3) is 0 Å². The van der Waals surface area contributed by atoms with Gasteiger partial charge < -0.3 is 15.2 Å². The molecule has 0 atom stereocenters. The number of pyridine rings is 2. The van der Waals surface area contributed by atoms with Crippen LogP contribution in [0, 0.1) is 13.8 Å². The molecule has 0 saturated carbocycles. The molecule has 0 spiro atoms. The number of aromatic nitrogens is 2. The molecule has 0 unspecified atom stereocenters. The van der Waals surface area contributed by atoms with Crippen molar-refractivity contribution in [2.75, 3.05) is 12.4 Å². The number of carbonyl (C=O) groups is 1. The molecule has 2 aromatic heterocycles. The van der Waals surface area contributed by atoms with E-state index < -0.39 is 5.97 Å². The first-order valence-electron chi connectivity index (χ1n) is 6.45. The second-order valence-corrected chi connectivity index (χ2v) is 4.67. The molecule has 2 N–H and O–H groups in total. The summed E-state index contributed by atoms with van der Waals surface area (Å²) >= 11 is 0. The summed E-state index contributed by atoms with van der Waals surface area (Å²) in [6, 6.07) is 5.37. The summed E-state index contributed by atoms with van der Waals surface area (Å²) in [6.45, 7) is 4.03. The fourth-order valence-electron chi connectivity index (χ4n) is 2.06. The van der Waals surface area contributed by atoms with E-state index in [-0.39, 0.29) is 5.56 Å². The van der Waals surface area contributed by atoms with Crippen LogP contribution in [0.3, 0.4) is 0 Å². The van der Waals surface area contributed by atoms with E-state index in [1.807, 2.05) is 13.0 Å². The average Bonchev–Trinajstić information content (AvgIpc) is 2.44. The van der Waals surface area contributed by atoms with Crippen molar-refractivity contribution in [2.45, 2.75) is 20.4 Å². The summed E-state index contributed by atoms with van der Waals surface area (Å²) in [6.07, 6.45) is 1.68. The maximum atomic E-state index is 11.3. The van der Waals surface area contributed by atoms with E-state index in [4.69, 9.17) is 4.74 Å². The summed E-state index contributed by atoms with van der Waals surface area (Å²) in [4.78, 5) is 19.7. The van der Waals surface area contributed by atoms with Gasteiger partial charge >= 0.3 is 5.97 Å². The molecule has 0 saturated heterocycles. The number of aryl methyl sites for hydroxylation is 2. The van der Waals surface area contributed by atoms with Gasteiger partial charge in [0.05, 0.1) is 7.11 Å². The van der Waals surface area contributed by atoms with E-state index in [9.17, 15) is 9.90 Å². The van der Waals surface area contributed by atoms with Crippen LogP contribution in [0.15, 0.2) is 24.4 Å². The van der Waals surface area contributed by atoms with Crippen molar-refractivity contribution in [2.24, 2.45) is 0 Å². The first-order chi connectivity index (χ1) is 10.0. The molecule has 2 aromatic rings. The fraction of sp³-hybridized carbons (Fsp3) is 0.267. The third-order valence-electron chi connectivity index (χ3n) is 3.03. The Bertz CT molecular complexity index is 654. The van der Waals surface area contributed by atoms with Crippen molar-refractivity contribution >= 4 is 11.8 Å². The third kappa shape index (κ3) is 3.47. The molecule has 0 aliphatic carbocycles. The molecule has 0 amide bonds. The summed E-state index contributed by atoms with van der Waals surface area (Å²) in [7, 11) is 1.55. The molecular formula is C15H17N3O3. The molecule has 2 heterocycles. The Labute approximate surface area is 122 Å². The van der Waals surface area contributed by atoms with Gasteiger partial charge in [0.25, 0.3) is 0 Å². The van der Waals surface area contributed by atoms with Crippen molar-refractivity contribution < 1.29 is 14.6 Å². The number of nitrogens with one attached hydrogen (secondary N) is 1. The quantitative estimate of drug-likeness (QED) is 0.878. The molecule has 0 bridgehead atoms. The van der Waals surface area contributed by atoms with Crippen LogP contribution in [0.5, 0.6) is 5.88 Å². The lowest BCUT2D eigenvalue weighted by Crippen LogP contribution is -2.11. The number of anilines is 1. The van der Waals surface area contributed by atoms with Crippen molar-refractivity contribution in [3.8, 4) is 5.88 Å². The molecular weight excluding hydrogens is 270 g/mol. The second-order valence-electron chi connectivity index (χ2n) is 4.67. The van der Waals surface area contributed by atoms with Gasteiger partial charge in [0.2, 0.25) is 5.88 Å². The lowest BCUT2D eigenvalue weighted by Gasteiger charge is -2.12. The van der Waals surface area contributed by atoms with Gasteiger partial charge in [-0.25, -0.2) is 14.8 Å². The van der Waals surface area contributed by atoms with Crippen molar-refractivity contribution in [3.05, 3.63) is 46.8 Å². The van der Waals surface area contributed by atoms with Gasteiger partial charge in [-0.15, -0.1) is 0 Å². The number of carboxylic acids is 1. The van der Waals surface area contributed by atoms with Crippen LogP contribution in [0.4, 0.5) is 5.82 Å². The zero-order chi connectivity index (χ0) is 15.4. The van der Waals surface area contributed by atoms with Gasteiger partial charge in [0, 0.05) is 24.5 Å². The van der Waals surface area contributed by atoms with Gasteiger partial charge in [0.1, 0.15) is 11.4 Å². The SMILES string of the molecule is COc1ccc(CNc2nc(C)cc(C)c2C(=O)O)cn1. The van der Waals surface area contributed by atoms with E-state index in [2.05, 4.69) is 15.3 Å². The number of aromatic carboxylic acids is 1. The molecule has 0 aromatic carbocycles. The summed E-state index contributed by atoms with van der Waals surface area (Å²) in [5.41, 5.74) is 2.56. The number of nitrogens with zero attached hydrogens (tertiary/aromatic N) is 2. The normalized spacial score (nSPS) is 10.2. The Morgan fingerprint density at radius 3 is 2.71 bits per heavy atom. The van der Waals surface area contributed by atoms with Gasteiger partial charge in [-0.2, -0.15) is 0 Å². The number of rotatable bonds is 5. The Morgan fingerprint density at radius 1 is 1.38 bits per heavy atom. The van der Waals surface area contributed by atoms with Crippen LogP contribution in [0.1, 0.15) is 27.2 Å². The van der Waals surface area contributed by atoms with E-state index >= 15 is 0 Å². The Morgan fingerprint density at radius 2 is 2.14 bits per heavy atom. The van der Waals surface area contributed by atoms with Crippen LogP contribution < -0.4 is 10.1 Å². The predicted octanol–water partition coefficient (Wildman–Crippen LogP) is 2.41. The van der Waals surface area contributed by atoms with Gasteiger partial charge in [0.15, 0.2) is 0 Å². The monoisotopic (exact) mass is 287 g/mol. The molecule has 0 radical (unpaired) electrons. The Kier molecular flexibility index (Phi) is 4.37. The number of hydrogen-bond acceptors (Lipinski definition) is 5. The van der Waals surface area contributed by atoms with Gasteiger partial charge in [-0.3, -0.25) is 0 Å². The smallest absolute Gasteiger partial charge is 0.339 e. The molecule has 0 aliphatic heterocycles. The lowest BCUT2D eigenvalue weighted by molar-refractivity contribution is 0.0697. The van der Waals surface area contributed by atoms with E-state index in [1.54, 1.807) is 32.4 Å². The van der Waals surface area contributed by atoms with Crippen LogP contribution in [0.2, 0.25) is 0 Å². The lowest BCUT2D eigenvalue weighted by atomic mass is 10.1. The third-order valence-corrected chi connectivity index (χ3v) is 3.03. The highest BCUT2D eigenvalue weighted by Crippen LogP contribution is 2.19. The molecule has 0 aliphatic rings. The number of methoxy groups -OCH3 is 1. The predicted molar refractivity (Wildman–Crippen MR) is 78.8 cm³/mol. The zero-order valence-corrected chi connectivity index (χ0v) is 12.2. The van der Waals surface area contributed by atoms with E-state index in [0.29, 0.717) is 23.8 Å². The number of ether oxygens (including phenoxy) is 1. The van der Waals surface area contributed by atoms with E-state index in [0.717, 1.165) is 11.3 Å². The maximum Gasteiger partial charge on any atom is 0.339 e. The molecule has 110 valence electrons. The zero-order valence-electron chi connectivity index (χ0n) is 12.2. The van der Waals surface area contributed by atoms with Crippen molar-refractivity contribution in [1.82, 2.24) is 9.97 Å². The minimum Gasteiger partial charge on any atom is -0.481 e. The summed E-state index contributed by atoms with van der Waals surface area (Å²) in [5, 5.41) is 12.4. The van der Waals surface area contributed by atoms with E-state index in [1.165, 1.54) is 0 Å². The minimum absolute atomic E-state index is 0.196. The maximum absolute atomic E-state index is 11.3. The summed E-state index contributed by atoms with van der Waals surface area (Å²) in [5.74, 6) is -0.0827. The first kappa shape index (κ1) is 14.8. The molecule has 2 rings (SSSR count). The molecule has 6 nitrogen and oxygen atoms in total. The van der Waals surface area contributed by atoms with Crippen LogP contribution in [-0.2, 0) is 6.54 Å². The number of hydrogen-bond donors (Lipinski definition) is 2. The molecule has 0 fully saturated rings. The van der Waals surface area contributed by atoms with Crippen LogP contribution in [-0.4, -0.2) is 28.2 Å². The average molecular weight is 287 g/mol. The van der Waals surface area contributed by atoms with Crippen molar-refractivity contribution in [1.29, 1.82) is 0 Å². The molecule has 21 heavy (non-hydrogen) atoms.